The molecule has 6 aliphatic heterocycles. The lowest BCUT2D eigenvalue weighted by atomic mass is 9.78. The van der Waals surface area contributed by atoms with Crippen molar-refractivity contribution in [3.63, 3.8) is 0 Å². The van der Waals surface area contributed by atoms with Gasteiger partial charge >= 0.3 is 5.97 Å². The molecule has 6 heterocycles. The van der Waals surface area contributed by atoms with Gasteiger partial charge in [0.1, 0.15) is 51.5 Å². The lowest BCUT2D eigenvalue weighted by Crippen LogP contribution is -2.74. The Morgan fingerprint density at radius 2 is 1.64 bits per heavy atom. The fraction of sp³-hybridized carbons (Fsp3) is 0.444. The number of aliphatic hydroxyl groups excluding tert-OH is 1. The van der Waals surface area contributed by atoms with Gasteiger partial charge in [-0.05, 0) is 35.6 Å². The van der Waals surface area contributed by atoms with Gasteiger partial charge in [0.25, 0.3) is 10.0 Å². The normalized spacial score (nSPS) is 31.0. The van der Waals surface area contributed by atoms with Crippen LogP contribution in [0, 0.1) is 11.8 Å². The number of amides is 1. The van der Waals surface area contributed by atoms with Crippen molar-refractivity contribution in [1.82, 2.24) is 4.90 Å². The van der Waals surface area contributed by atoms with Gasteiger partial charge in [-0.3, -0.25) is 9.10 Å². The van der Waals surface area contributed by atoms with Gasteiger partial charge in [0, 0.05) is 23.3 Å². The molecule has 0 saturated carbocycles. The van der Waals surface area contributed by atoms with Crippen LogP contribution >= 0.6 is 0 Å². The summed E-state index contributed by atoms with van der Waals surface area (Å²) in [5, 5.41) is 22.0. The topological polar surface area (TPSA) is 115 Å². The van der Waals surface area contributed by atoms with Gasteiger partial charge in [0.15, 0.2) is 0 Å². The van der Waals surface area contributed by atoms with Crippen molar-refractivity contribution in [3.05, 3.63) is 83.1 Å². The monoisotopic (exact) mass is 658 g/mol. The highest BCUT2D eigenvalue weighted by molar-refractivity contribution is 7.93. The van der Waals surface area contributed by atoms with Gasteiger partial charge in [-0.15, -0.1) is 0 Å². The molecule has 3 aromatic carbocycles. The Hall–Kier alpha value is -3.77. The first-order valence-electron chi connectivity index (χ1n) is 16.7. The summed E-state index contributed by atoms with van der Waals surface area (Å²) < 4.78 is 31.7. The number of hydrogen-bond acceptors (Lipinski definition) is 5. The van der Waals surface area contributed by atoms with E-state index in [9.17, 15) is 28.2 Å². The number of benzene rings is 3. The summed E-state index contributed by atoms with van der Waals surface area (Å²) in [7, 11) is -3.96. The molecule has 0 spiro atoms. The number of aliphatic hydroxyl groups is 1. The second-order valence-electron chi connectivity index (χ2n) is 14.5. The minimum absolute atomic E-state index is 0.160. The van der Waals surface area contributed by atoms with Crippen LogP contribution in [-0.2, 0) is 32.6 Å². The molecular weight excluding hydrogens is 616 g/mol. The molecule has 4 atom stereocenters. The van der Waals surface area contributed by atoms with E-state index in [1.807, 2.05) is 25.1 Å². The standard InChI is InChI=1S/C36H41N4O6S/c1-23-28(34(36(43)44)38-33(23)31(24(2)41)35(38)42)21-37-29-10-6-9-27-26(11-12-30(32(27)29)47(37,45)46)13-14-39-15-18-40(19-16-39,20-17-39)22-25-7-4-3-5-8-25/h3-12,23-24,31,33,41H,13-22H2,1-2H3/q+1/p+1/t23-,24+,31+,33+,39?,40?/m0/s1. The summed E-state index contributed by atoms with van der Waals surface area (Å²) in [5.41, 5.74) is 3.31. The van der Waals surface area contributed by atoms with Crippen LogP contribution in [0.2, 0.25) is 0 Å². The first-order chi connectivity index (χ1) is 22.5. The fourth-order valence-electron chi connectivity index (χ4n) is 9.33. The first-order valence-corrected chi connectivity index (χ1v) is 18.2. The number of hydrogen-bond donors (Lipinski definition) is 2. The average Bonchev–Trinajstić information content (AvgIpc) is 3.43. The molecule has 2 N–H and O–H groups in total. The van der Waals surface area contributed by atoms with Crippen molar-refractivity contribution in [3.8, 4) is 0 Å². The number of sulfonamides is 1. The van der Waals surface area contributed by atoms with Crippen molar-refractivity contribution in [2.45, 2.75) is 43.9 Å². The predicted octanol–water partition coefficient (Wildman–Crippen LogP) is 2.95. The van der Waals surface area contributed by atoms with E-state index in [-0.39, 0.29) is 17.1 Å². The van der Waals surface area contributed by atoms with Gasteiger partial charge in [-0.25, -0.2) is 13.2 Å². The molecule has 0 radical (unpaired) electrons. The minimum atomic E-state index is -3.96. The lowest BCUT2D eigenvalue weighted by molar-refractivity contribution is -1.09. The Morgan fingerprint density at radius 1 is 0.957 bits per heavy atom. The van der Waals surface area contributed by atoms with Crippen LogP contribution in [0.1, 0.15) is 25.0 Å². The molecular formula is C36H42N4O6S+2. The number of carbonyl (C=O) groups excluding carboxylic acids is 1. The van der Waals surface area contributed by atoms with Crippen molar-refractivity contribution >= 4 is 38.4 Å². The zero-order valence-corrected chi connectivity index (χ0v) is 27.7. The molecule has 6 aliphatic rings. The van der Waals surface area contributed by atoms with Crippen LogP contribution in [0.3, 0.4) is 0 Å². The van der Waals surface area contributed by atoms with E-state index in [1.165, 1.54) is 45.8 Å². The summed E-state index contributed by atoms with van der Waals surface area (Å²) in [5.74, 6) is -2.82. The minimum Gasteiger partial charge on any atom is -0.477 e. The van der Waals surface area contributed by atoms with Crippen LogP contribution in [0.4, 0.5) is 5.69 Å². The van der Waals surface area contributed by atoms with Crippen LogP contribution < -0.4 is 4.31 Å². The zero-order chi connectivity index (χ0) is 32.9. The second-order valence-corrected chi connectivity index (χ2v) is 16.3. The number of β-lactam (4-membered cyclic amide) rings is 1. The molecule has 0 unspecified atom stereocenters. The summed E-state index contributed by atoms with van der Waals surface area (Å²) in [6.07, 6.45) is -0.0760. The number of quaternary nitrogens is 2. The zero-order valence-electron chi connectivity index (χ0n) is 26.9. The Kier molecular flexibility index (Phi) is 6.90. The maximum absolute atomic E-state index is 14.1. The highest BCUT2D eigenvalue weighted by atomic mass is 32.2. The molecule has 4 saturated heterocycles. The van der Waals surface area contributed by atoms with Crippen LogP contribution in [0.5, 0.6) is 0 Å². The Bertz CT molecular complexity index is 1930. The molecule has 1 amide bonds. The highest BCUT2D eigenvalue weighted by Gasteiger charge is 2.60. The quantitative estimate of drug-likeness (QED) is 0.270. The molecule has 47 heavy (non-hydrogen) atoms. The SMILES string of the molecule is C[C@@H](O)[C@H]1C(=O)N2C(C(=O)O)=C(CN3c4cccc5c(CC[N+]67CC[N+](Cc8ccccc8)(CC6)CC7)ccc(c45)S3(=O)=O)[C@H](C)[C@H]12. The number of rotatable bonds is 9. The molecule has 2 bridgehead atoms. The molecule has 4 fully saturated rings. The number of nitrogens with zero attached hydrogens (tertiary/aromatic N) is 4. The molecule has 0 aliphatic carbocycles. The van der Waals surface area contributed by atoms with E-state index in [0.29, 0.717) is 16.6 Å². The number of aliphatic carboxylic acids is 1. The summed E-state index contributed by atoms with van der Waals surface area (Å²) in [6.45, 7) is 12.3. The predicted molar refractivity (Wildman–Crippen MR) is 177 cm³/mol. The third-order valence-electron chi connectivity index (χ3n) is 12.1. The number of carbonyl (C=O) groups is 2. The molecule has 10 nitrogen and oxygen atoms in total. The first kappa shape index (κ1) is 30.6. The van der Waals surface area contributed by atoms with Crippen molar-refractivity contribution in [2.24, 2.45) is 11.8 Å². The van der Waals surface area contributed by atoms with E-state index in [4.69, 9.17) is 0 Å². The fourth-order valence-corrected chi connectivity index (χ4v) is 11.0. The van der Waals surface area contributed by atoms with Gasteiger partial charge in [0.05, 0.1) is 41.7 Å². The van der Waals surface area contributed by atoms with Crippen LogP contribution in [0.25, 0.3) is 10.8 Å². The van der Waals surface area contributed by atoms with Crippen molar-refractivity contribution < 1.29 is 37.2 Å². The molecule has 0 aromatic heterocycles. The molecule has 246 valence electrons. The largest absolute Gasteiger partial charge is 0.477 e. The van der Waals surface area contributed by atoms with Gasteiger partial charge in [0.2, 0.25) is 5.91 Å². The number of anilines is 1. The highest BCUT2D eigenvalue weighted by Crippen LogP contribution is 2.50. The van der Waals surface area contributed by atoms with E-state index in [1.54, 1.807) is 12.1 Å². The maximum Gasteiger partial charge on any atom is 0.352 e. The molecule has 11 heteroatoms. The van der Waals surface area contributed by atoms with Crippen LogP contribution in [-0.4, -0.2) is 109 Å². The van der Waals surface area contributed by atoms with E-state index >= 15 is 0 Å². The van der Waals surface area contributed by atoms with E-state index in [2.05, 4.69) is 30.3 Å². The van der Waals surface area contributed by atoms with Crippen molar-refractivity contribution in [1.29, 1.82) is 0 Å². The number of piperazine rings is 3. The van der Waals surface area contributed by atoms with Gasteiger partial charge in [-0.2, -0.15) is 0 Å². The average molecular weight is 659 g/mol. The summed E-state index contributed by atoms with van der Waals surface area (Å²) in [4.78, 5) is 26.8. The lowest BCUT2D eigenvalue weighted by Gasteiger charge is -2.55. The summed E-state index contributed by atoms with van der Waals surface area (Å²) >= 11 is 0. The Balaban J connectivity index is 1.05. The number of carboxylic acids is 1. The van der Waals surface area contributed by atoms with Crippen molar-refractivity contribution in [2.75, 3.05) is 56.7 Å². The molecule has 9 rings (SSSR count). The third kappa shape index (κ3) is 4.50. The van der Waals surface area contributed by atoms with E-state index in [0.717, 1.165) is 54.6 Å². The third-order valence-corrected chi connectivity index (χ3v) is 13.9. The second kappa shape index (κ2) is 10.6. The number of carboxylic acid groups (broad SMARTS) is 1. The Labute approximate surface area is 275 Å². The smallest absolute Gasteiger partial charge is 0.352 e. The maximum atomic E-state index is 14.1. The van der Waals surface area contributed by atoms with Gasteiger partial charge < -0.3 is 24.1 Å². The summed E-state index contributed by atoms with van der Waals surface area (Å²) in [6, 6.07) is 19.7. The van der Waals surface area contributed by atoms with Gasteiger partial charge in [-0.1, -0.05) is 55.5 Å². The molecule has 3 aromatic rings. The number of fused-ring (bicyclic) bond motifs is 4. The Morgan fingerprint density at radius 3 is 2.30 bits per heavy atom. The van der Waals surface area contributed by atoms with Crippen LogP contribution in [0.15, 0.2) is 76.8 Å². The van der Waals surface area contributed by atoms with E-state index < -0.39 is 45.9 Å².